The minimum atomic E-state index is -3.25. The summed E-state index contributed by atoms with van der Waals surface area (Å²) in [7, 11) is -3.25. The number of rotatable bonds is 5. The number of carbonyl (C=O) groups excluding carboxylic acids is 1. The van der Waals surface area contributed by atoms with Crippen molar-refractivity contribution < 1.29 is 23.0 Å². The third-order valence-corrected chi connectivity index (χ3v) is 6.11. The smallest absolute Gasteiger partial charge is 0.241 e. The van der Waals surface area contributed by atoms with E-state index < -0.39 is 31.2 Å². The number of hydrogen-bond acceptors (Lipinski definition) is 3. The van der Waals surface area contributed by atoms with Crippen LogP contribution in [0.1, 0.15) is 16.8 Å². The Morgan fingerprint density at radius 3 is 2.70 bits per heavy atom. The van der Waals surface area contributed by atoms with E-state index in [2.05, 4.69) is 5.32 Å². The maximum atomic E-state index is 13.2. The molecule has 2 unspecified atom stereocenters. The van der Waals surface area contributed by atoms with Gasteiger partial charge in [0, 0.05) is 15.9 Å². The number of hydrogen-bond donors (Lipinski definition) is 2. The summed E-state index contributed by atoms with van der Waals surface area (Å²) < 4.78 is 38.8. The van der Waals surface area contributed by atoms with Crippen LogP contribution in [0, 0.1) is 11.6 Å². The molecular formula is C18H13ClF2NO3PS. The molecule has 1 amide bonds. The molecule has 2 atom stereocenters. The molecule has 2 N–H and O–H groups in total. The monoisotopic (exact) mass is 427 g/mol. The standard InChI is InChI=1S/C18H13ClF2NO3PS/c19-11-2-4-16-12(8-11)13(9-27-16)17(26(24)25)18(23)22-6-5-10-1-3-14(20)15(21)7-10/h1-9,17,26H,(H,22,23)(H,24,25)/b6-5+. The van der Waals surface area contributed by atoms with Crippen LogP contribution in [0.3, 0.4) is 0 Å². The number of thiophene rings is 1. The molecule has 0 saturated heterocycles. The van der Waals surface area contributed by atoms with E-state index in [9.17, 15) is 23.0 Å². The van der Waals surface area contributed by atoms with Crippen LogP contribution in [-0.4, -0.2) is 10.8 Å². The van der Waals surface area contributed by atoms with Crippen molar-refractivity contribution in [2.24, 2.45) is 0 Å². The van der Waals surface area contributed by atoms with Gasteiger partial charge in [-0.1, -0.05) is 17.7 Å². The Morgan fingerprint density at radius 2 is 2.00 bits per heavy atom. The number of carbonyl (C=O) groups is 1. The molecule has 2 aromatic carbocycles. The summed E-state index contributed by atoms with van der Waals surface area (Å²) >= 11 is 7.33. The highest BCUT2D eigenvalue weighted by atomic mass is 35.5. The molecule has 0 radical (unpaired) electrons. The van der Waals surface area contributed by atoms with Crippen molar-refractivity contribution >= 4 is 53.0 Å². The lowest BCUT2D eigenvalue weighted by molar-refractivity contribution is -0.119. The van der Waals surface area contributed by atoms with E-state index in [0.29, 0.717) is 21.5 Å². The van der Waals surface area contributed by atoms with E-state index in [0.717, 1.165) is 16.8 Å². The van der Waals surface area contributed by atoms with Gasteiger partial charge in [-0.15, -0.1) is 11.3 Å². The molecule has 0 spiro atoms. The van der Waals surface area contributed by atoms with Gasteiger partial charge in [-0.2, -0.15) is 0 Å². The Labute approximate surface area is 163 Å². The Morgan fingerprint density at radius 1 is 1.22 bits per heavy atom. The maximum absolute atomic E-state index is 13.2. The van der Waals surface area contributed by atoms with Crippen LogP contribution in [0.25, 0.3) is 16.2 Å². The number of benzene rings is 2. The quantitative estimate of drug-likeness (QED) is 0.555. The van der Waals surface area contributed by atoms with Gasteiger partial charge >= 0.3 is 0 Å². The van der Waals surface area contributed by atoms with Crippen molar-refractivity contribution in [1.82, 2.24) is 5.32 Å². The average Bonchev–Trinajstić information content (AvgIpc) is 3.01. The first-order valence-electron chi connectivity index (χ1n) is 7.68. The molecule has 1 aromatic heterocycles. The van der Waals surface area contributed by atoms with Crippen LogP contribution >= 0.6 is 31.0 Å². The van der Waals surface area contributed by atoms with Crippen molar-refractivity contribution in [2.45, 2.75) is 5.66 Å². The molecule has 4 nitrogen and oxygen atoms in total. The van der Waals surface area contributed by atoms with Gasteiger partial charge in [-0.05, 0) is 58.3 Å². The second-order valence-electron chi connectivity index (χ2n) is 5.62. The lowest BCUT2D eigenvalue weighted by atomic mass is 10.1. The Bertz CT molecular complexity index is 1070. The SMILES string of the molecule is O=C(N/C=C/c1ccc(F)c(F)c1)C(c1csc2ccc(Cl)cc12)[PH](=O)O. The molecule has 1 heterocycles. The topological polar surface area (TPSA) is 66.4 Å². The third-order valence-electron chi connectivity index (χ3n) is 3.83. The number of fused-ring (bicyclic) bond motifs is 1. The van der Waals surface area contributed by atoms with Crippen molar-refractivity contribution in [3.8, 4) is 0 Å². The maximum Gasteiger partial charge on any atom is 0.241 e. The van der Waals surface area contributed by atoms with Gasteiger partial charge in [0.25, 0.3) is 0 Å². The molecule has 3 aromatic rings. The molecule has 140 valence electrons. The summed E-state index contributed by atoms with van der Waals surface area (Å²) in [5.74, 6) is -2.67. The summed E-state index contributed by atoms with van der Waals surface area (Å²) in [5.41, 5.74) is -0.505. The fraction of sp³-hybridized carbons (Fsp3) is 0.0556. The first-order chi connectivity index (χ1) is 12.9. The van der Waals surface area contributed by atoms with Crippen molar-refractivity contribution in [3.05, 3.63) is 75.8 Å². The average molecular weight is 428 g/mol. The first kappa shape index (κ1) is 19.7. The molecule has 0 saturated carbocycles. The van der Waals surface area contributed by atoms with Gasteiger partial charge in [0.15, 0.2) is 11.6 Å². The predicted octanol–water partition coefficient (Wildman–Crippen LogP) is 5.13. The fourth-order valence-electron chi connectivity index (χ4n) is 2.55. The number of halogens is 3. The molecule has 0 bridgehead atoms. The fourth-order valence-corrected chi connectivity index (χ4v) is 4.62. The summed E-state index contributed by atoms with van der Waals surface area (Å²) in [6, 6.07) is 8.39. The zero-order valence-electron chi connectivity index (χ0n) is 13.6. The summed E-state index contributed by atoms with van der Waals surface area (Å²) in [5, 5.41) is 5.17. The highest BCUT2D eigenvalue weighted by Gasteiger charge is 2.28. The van der Waals surface area contributed by atoms with Crippen molar-refractivity contribution in [1.29, 1.82) is 0 Å². The first-order valence-corrected chi connectivity index (χ1v) is 10.4. The molecule has 27 heavy (non-hydrogen) atoms. The Balaban J connectivity index is 1.83. The van der Waals surface area contributed by atoms with E-state index >= 15 is 0 Å². The van der Waals surface area contributed by atoms with E-state index in [1.165, 1.54) is 29.7 Å². The summed E-state index contributed by atoms with van der Waals surface area (Å²) in [4.78, 5) is 22.2. The van der Waals surface area contributed by atoms with Crippen molar-refractivity contribution in [3.63, 3.8) is 0 Å². The van der Waals surface area contributed by atoms with Crippen LogP contribution in [0.2, 0.25) is 5.02 Å². The largest absolute Gasteiger partial charge is 0.346 e. The van der Waals surface area contributed by atoms with E-state index in [-0.39, 0.29) is 0 Å². The van der Waals surface area contributed by atoms with E-state index in [1.807, 2.05) is 0 Å². The lowest BCUT2D eigenvalue weighted by Crippen LogP contribution is -2.23. The molecule has 0 fully saturated rings. The minimum absolute atomic E-state index is 0.329. The zero-order chi connectivity index (χ0) is 19.6. The van der Waals surface area contributed by atoms with Gasteiger partial charge in [-0.25, -0.2) is 8.78 Å². The lowest BCUT2D eigenvalue weighted by Gasteiger charge is -2.12. The molecular weight excluding hydrogens is 415 g/mol. The van der Waals surface area contributed by atoms with Gasteiger partial charge in [0.2, 0.25) is 13.9 Å². The van der Waals surface area contributed by atoms with Gasteiger partial charge in [-0.3, -0.25) is 9.36 Å². The van der Waals surface area contributed by atoms with Crippen LogP contribution in [0.15, 0.2) is 48.0 Å². The van der Waals surface area contributed by atoms with Crippen molar-refractivity contribution in [2.75, 3.05) is 0 Å². The van der Waals surface area contributed by atoms with Crippen LogP contribution in [0.5, 0.6) is 0 Å². The normalized spacial score (nSPS) is 13.8. The molecule has 3 rings (SSSR count). The second-order valence-corrected chi connectivity index (χ2v) is 8.22. The summed E-state index contributed by atoms with van der Waals surface area (Å²) in [6.45, 7) is 0. The third kappa shape index (κ3) is 4.45. The second kappa shape index (κ2) is 8.31. The summed E-state index contributed by atoms with van der Waals surface area (Å²) in [6.07, 6.45) is 2.57. The zero-order valence-corrected chi connectivity index (χ0v) is 16.2. The molecule has 0 aliphatic heterocycles. The van der Waals surface area contributed by atoms with E-state index in [1.54, 1.807) is 23.6 Å². The molecule has 0 aliphatic rings. The number of nitrogens with one attached hydrogen (secondary N) is 1. The highest BCUT2D eigenvalue weighted by Crippen LogP contribution is 2.43. The Kier molecular flexibility index (Phi) is 6.07. The highest BCUT2D eigenvalue weighted by molar-refractivity contribution is 7.40. The molecule has 9 heteroatoms. The van der Waals surface area contributed by atoms with Gasteiger partial charge in [0.1, 0.15) is 5.66 Å². The predicted molar refractivity (Wildman–Crippen MR) is 104 cm³/mol. The Hall–Kier alpha value is -2.05. The van der Waals surface area contributed by atoms with Gasteiger partial charge < -0.3 is 10.2 Å². The number of amides is 1. The van der Waals surface area contributed by atoms with Crippen LogP contribution < -0.4 is 5.32 Å². The van der Waals surface area contributed by atoms with E-state index in [4.69, 9.17) is 11.6 Å². The molecule has 0 aliphatic carbocycles. The van der Waals surface area contributed by atoms with Crippen LogP contribution in [0.4, 0.5) is 8.78 Å². The van der Waals surface area contributed by atoms with Crippen LogP contribution in [-0.2, 0) is 9.36 Å². The minimum Gasteiger partial charge on any atom is -0.346 e. The van der Waals surface area contributed by atoms with Gasteiger partial charge in [0.05, 0.1) is 0 Å².